The number of nitrogens with two attached hydrogens (primary N) is 1. The number of nitrogen functional groups attached to an aromatic ring is 1. The lowest BCUT2D eigenvalue weighted by Gasteiger charge is -2.30. The van der Waals surface area contributed by atoms with Crippen LogP contribution in [0.15, 0.2) is 18.2 Å². The van der Waals surface area contributed by atoms with Gasteiger partial charge in [0.2, 0.25) is 0 Å². The summed E-state index contributed by atoms with van der Waals surface area (Å²) in [4.78, 5) is 0. The molecule has 1 aliphatic carbocycles. The fourth-order valence-electron chi connectivity index (χ4n) is 2.10. The lowest BCUT2D eigenvalue weighted by Crippen LogP contribution is -2.36. The van der Waals surface area contributed by atoms with Gasteiger partial charge in [0.1, 0.15) is 17.7 Å². The molecule has 1 aliphatic rings. The summed E-state index contributed by atoms with van der Waals surface area (Å²) in [6, 6.07) is 3.90. The van der Waals surface area contributed by atoms with Gasteiger partial charge >= 0.3 is 0 Å². The predicted octanol–water partition coefficient (Wildman–Crippen LogP) is 1.06. The van der Waals surface area contributed by atoms with Crippen LogP contribution in [-0.2, 0) is 0 Å². The molecule has 0 aliphatic heterocycles. The molecule has 1 saturated carbocycles. The highest BCUT2D eigenvalue weighted by Gasteiger charge is 2.28. The number of anilines is 1. The second-order valence-corrected chi connectivity index (χ2v) is 4.44. The van der Waals surface area contributed by atoms with Gasteiger partial charge in [-0.1, -0.05) is 0 Å². The molecule has 1 fully saturated rings. The van der Waals surface area contributed by atoms with E-state index in [1.807, 2.05) is 0 Å². The van der Waals surface area contributed by atoms with Gasteiger partial charge in [-0.3, -0.25) is 0 Å². The Kier molecular flexibility index (Phi) is 3.49. The number of ether oxygens (including phenoxy) is 1. The molecule has 4 N–H and O–H groups in total. The minimum absolute atomic E-state index is 0.260. The maximum atomic E-state index is 13.0. The Bertz CT molecular complexity index is 389. The number of halogens is 1. The van der Waals surface area contributed by atoms with E-state index in [-0.39, 0.29) is 11.9 Å². The molecule has 0 amide bonds. The fourth-order valence-corrected chi connectivity index (χ4v) is 2.10. The first-order valence-corrected chi connectivity index (χ1v) is 5.62. The molecule has 0 radical (unpaired) electrons. The quantitative estimate of drug-likeness (QED) is 0.677. The Morgan fingerprint density at radius 3 is 2.47 bits per heavy atom. The first-order valence-electron chi connectivity index (χ1n) is 5.62. The molecular weight excluding hydrogens is 225 g/mol. The minimum Gasteiger partial charge on any atom is -0.488 e. The lowest BCUT2D eigenvalue weighted by atomic mass is 9.92. The molecule has 1 aromatic carbocycles. The molecule has 1 aromatic rings. The zero-order chi connectivity index (χ0) is 12.4. The van der Waals surface area contributed by atoms with Crippen LogP contribution in [0.3, 0.4) is 0 Å². The van der Waals surface area contributed by atoms with Gasteiger partial charge in [0, 0.05) is 18.9 Å². The van der Waals surface area contributed by atoms with Gasteiger partial charge in [0.15, 0.2) is 0 Å². The number of aliphatic hydroxyl groups excluding tert-OH is 2. The van der Waals surface area contributed by atoms with Gasteiger partial charge in [-0.15, -0.1) is 0 Å². The molecule has 2 unspecified atom stereocenters. The number of hydrogen-bond donors (Lipinski definition) is 3. The zero-order valence-corrected chi connectivity index (χ0v) is 9.34. The maximum Gasteiger partial charge on any atom is 0.145 e. The maximum absolute atomic E-state index is 13.0. The number of benzene rings is 1. The molecule has 0 aromatic heterocycles. The Morgan fingerprint density at radius 2 is 1.82 bits per heavy atom. The molecule has 0 bridgehead atoms. The van der Waals surface area contributed by atoms with Gasteiger partial charge in [-0.25, -0.2) is 4.39 Å². The monoisotopic (exact) mass is 241 g/mol. The summed E-state index contributed by atoms with van der Waals surface area (Å²) < 4.78 is 18.5. The van der Waals surface area contributed by atoms with Crippen LogP contribution >= 0.6 is 0 Å². The van der Waals surface area contributed by atoms with Crippen molar-refractivity contribution in [2.45, 2.75) is 37.6 Å². The van der Waals surface area contributed by atoms with Crippen LogP contribution in [0.2, 0.25) is 0 Å². The summed E-state index contributed by atoms with van der Waals surface area (Å²) >= 11 is 0. The number of aliphatic hydroxyl groups is 2. The topological polar surface area (TPSA) is 75.7 Å². The third kappa shape index (κ3) is 3.08. The average Bonchev–Trinajstić information content (AvgIpc) is 2.22. The van der Waals surface area contributed by atoms with Gasteiger partial charge < -0.3 is 20.7 Å². The van der Waals surface area contributed by atoms with Gasteiger partial charge in [-0.05, 0) is 18.6 Å². The highest BCUT2D eigenvalue weighted by molar-refractivity contribution is 5.52. The summed E-state index contributed by atoms with van der Waals surface area (Å²) in [6.07, 6.45) is -0.298. The third-order valence-corrected chi connectivity index (χ3v) is 2.88. The molecule has 94 valence electrons. The van der Waals surface area contributed by atoms with Gasteiger partial charge in [-0.2, -0.15) is 0 Å². The van der Waals surface area contributed by atoms with Crippen molar-refractivity contribution in [1.29, 1.82) is 0 Å². The molecule has 17 heavy (non-hydrogen) atoms. The first-order chi connectivity index (χ1) is 8.04. The fraction of sp³-hybridized carbons (Fsp3) is 0.500. The van der Waals surface area contributed by atoms with E-state index < -0.39 is 18.0 Å². The van der Waals surface area contributed by atoms with Crippen LogP contribution < -0.4 is 10.5 Å². The molecule has 0 saturated heterocycles. The van der Waals surface area contributed by atoms with Crippen molar-refractivity contribution in [2.75, 3.05) is 5.73 Å². The number of hydrogen-bond acceptors (Lipinski definition) is 4. The summed E-state index contributed by atoms with van der Waals surface area (Å²) in [5.74, 6) is -0.164. The Hall–Kier alpha value is -1.33. The average molecular weight is 241 g/mol. The van der Waals surface area contributed by atoms with E-state index in [0.717, 1.165) is 0 Å². The second kappa shape index (κ2) is 4.89. The molecule has 0 heterocycles. The van der Waals surface area contributed by atoms with Crippen molar-refractivity contribution >= 4 is 5.69 Å². The SMILES string of the molecule is Nc1ccc(F)cc1OC1CC(O)C[C@@H](O)C1. The molecule has 3 atom stereocenters. The standard InChI is InChI=1S/C12H16FNO3/c13-7-1-2-11(14)12(3-7)17-10-5-8(15)4-9(16)6-10/h1-3,8-10,15-16H,4-6,14H2/t8-,9?,10?/m1/s1. The van der Waals surface area contributed by atoms with Crippen molar-refractivity contribution in [3.8, 4) is 5.75 Å². The highest BCUT2D eigenvalue weighted by Crippen LogP contribution is 2.28. The molecule has 2 rings (SSSR count). The normalized spacial score (nSPS) is 29.0. The van der Waals surface area contributed by atoms with Crippen LogP contribution in [0, 0.1) is 5.82 Å². The largest absolute Gasteiger partial charge is 0.488 e. The summed E-state index contributed by atoms with van der Waals surface area (Å²) in [6.45, 7) is 0. The van der Waals surface area contributed by atoms with E-state index in [9.17, 15) is 14.6 Å². The summed E-state index contributed by atoms with van der Waals surface area (Å²) in [5.41, 5.74) is 6.01. The Balaban J connectivity index is 2.07. The smallest absolute Gasteiger partial charge is 0.145 e. The zero-order valence-electron chi connectivity index (χ0n) is 9.34. The van der Waals surface area contributed by atoms with Crippen LogP contribution in [0.5, 0.6) is 5.75 Å². The van der Waals surface area contributed by atoms with Gasteiger partial charge in [0.05, 0.1) is 17.9 Å². The Labute approximate surface area is 98.8 Å². The molecule has 5 heteroatoms. The third-order valence-electron chi connectivity index (χ3n) is 2.88. The lowest BCUT2D eigenvalue weighted by molar-refractivity contribution is -0.0153. The predicted molar refractivity (Wildman–Crippen MR) is 61.1 cm³/mol. The summed E-state index contributed by atoms with van der Waals surface area (Å²) in [7, 11) is 0. The van der Waals surface area contributed by atoms with E-state index in [1.54, 1.807) is 0 Å². The van der Waals surface area contributed by atoms with E-state index >= 15 is 0 Å². The first kappa shape index (κ1) is 12.1. The Morgan fingerprint density at radius 1 is 1.18 bits per heavy atom. The summed E-state index contributed by atoms with van der Waals surface area (Å²) in [5, 5.41) is 19.0. The van der Waals surface area contributed by atoms with Crippen molar-refractivity contribution in [3.63, 3.8) is 0 Å². The highest BCUT2D eigenvalue weighted by atomic mass is 19.1. The van der Waals surface area contributed by atoms with Crippen LogP contribution in [0.25, 0.3) is 0 Å². The van der Waals surface area contributed by atoms with E-state index in [0.29, 0.717) is 24.9 Å². The van der Waals surface area contributed by atoms with E-state index in [1.165, 1.54) is 18.2 Å². The van der Waals surface area contributed by atoms with E-state index in [4.69, 9.17) is 10.5 Å². The van der Waals surface area contributed by atoms with E-state index in [2.05, 4.69) is 0 Å². The van der Waals surface area contributed by atoms with Crippen molar-refractivity contribution in [3.05, 3.63) is 24.0 Å². The van der Waals surface area contributed by atoms with Crippen LogP contribution in [-0.4, -0.2) is 28.5 Å². The van der Waals surface area contributed by atoms with Crippen LogP contribution in [0.1, 0.15) is 19.3 Å². The van der Waals surface area contributed by atoms with Gasteiger partial charge in [0.25, 0.3) is 0 Å². The van der Waals surface area contributed by atoms with Crippen molar-refractivity contribution in [1.82, 2.24) is 0 Å². The molecule has 4 nitrogen and oxygen atoms in total. The minimum atomic E-state index is -0.585. The molecule has 0 spiro atoms. The van der Waals surface area contributed by atoms with Crippen molar-refractivity contribution in [2.24, 2.45) is 0 Å². The van der Waals surface area contributed by atoms with Crippen molar-refractivity contribution < 1.29 is 19.3 Å². The van der Waals surface area contributed by atoms with Crippen LogP contribution in [0.4, 0.5) is 10.1 Å². The second-order valence-electron chi connectivity index (χ2n) is 4.44. The number of rotatable bonds is 2. The molecular formula is C12H16FNO3.